The van der Waals surface area contributed by atoms with E-state index in [4.69, 9.17) is 14.6 Å². The lowest BCUT2D eigenvalue weighted by Gasteiger charge is -2.21. The summed E-state index contributed by atoms with van der Waals surface area (Å²) in [6.07, 6.45) is 1.71. The van der Waals surface area contributed by atoms with E-state index in [9.17, 15) is 9.59 Å². The topological polar surface area (TPSA) is 108 Å². The summed E-state index contributed by atoms with van der Waals surface area (Å²) < 4.78 is 14.4. The zero-order valence-electron chi connectivity index (χ0n) is 18.5. The highest BCUT2D eigenvalue weighted by atomic mass is 16.5. The quantitative estimate of drug-likeness (QED) is 0.558. The number of fused-ring (bicyclic) bond motifs is 1. The summed E-state index contributed by atoms with van der Waals surface area (Å²) in [6, 6.07) is 6.69. The zero-order chi connectivity index (χ0) is 22.8. The second-order valence-electron chi connectivity index (χ2n) is 7.87. The monoisotopic (exact) mass is 428 g/mol. The Morgan fingerprint density at radius 1 is 1.19 bits per heavy atom. The van der Waals surface area contributed by atoms with Crippen molar-refractivity contribution >= 4 is 17.0 Å². The van der Waals surface area contributed by atoms with E-state index in [-0.39, 0.29) is 12.2 Å². The Balaban J connectivity index is 1.70. The molecule has 0 aliphatic carbocycles. The van der Waals surface area contributed by atoms with Gasteiger partial charge in [0.05, 0.1) is 12.2 Å². The highest BCUT2D eigenvalue weighted by Crippen LogP contribution is 2.22. The van der Waals surface area contributed by atoms with Crippen LogP contribution in [0.15, 0.2) is 29.1 Å². The average Bonchev–Trinajstić information content (AvgIpc) is 3.00. The Bertz CT molecular complexity index is 1150. The van der Waals surface area contributed by atoms with Crippen LogP contribution in [0.1, 0.15) is 38.7 Å². The van der Waals surface area contributed by atoms with Gasteiger partial charge in [0.15, 0.2) is 11.1 Å². The molecule has 1 N–H and O–H groups in total. The first-order valence-corrected chi connectivity index (χ1v) is 10.2. The van der Waals surface area contributed by atoms with Crippen molar-refractivity contribution in [2.45, 2.75) is 52.7 Å². The minimum atomic E-state index is -1.32. The van der Waals surface area contributed by atoms with Crippen molar-refractivity contribution in [3.05, 3.63) is 46.1 Å². The second-order valence-corrected chi connectivity index (χ2v) is 7.87. The molecule has 9 heteroatoms. The first kappa shape index (κ1) is 22.3. The van der Waals surface area contributed by atoms with Crippen LogP contribution in [-0.2, 0) is 24.8 Å². The van der Waals surface area contributed by atoms with E-state index in [1.54, 1.807) is 47.5 Å². The largest absolute Gasteiger partial charge is 0.492 e. The van der Waals surface area contributed by atoms with Crippen LogP contribution in [0.4, 0.5) is 0 Å². The number of rotatable bonds is 9. The fourth-order valence-corrected chi connectivity index (χ4v) is 3.29. The Hall–Kier alpha value is -3.36. The van der Waals surface area contributed by atoms with E-state index in [1.165, 1.54) is 13.8 Å². The Labute approximate surface area is 180 Å². The lowest BCUT2D eigenvalue weighted by Crippen LogP contribution is -2.37. The Morgan fingerprint density at radius 3 is 2.45 bits per heavy atom. The number of nitrogens with zero attached hydrogens (tertiary/aromatic N) is 4. The summed E-state index contributed by atoms with van der Waals surface area (Å²) >= 11 is 0. The molecule has 0 spiro atoms. The van der Waals surface area contributed by atoms with Gasteiger partial charge in [0.1, 0.15) is 29.4 Å². The third-order valence-electron chi connectivity index (χ3n) is 4.99. The molecule has 2 heterocycles. The molecule has 0 aliphatic rings. The van der Waals surface area contributed by atoms with E-state index in [0.29, 0.717) is 34.9 Å². The molecule has 9 nitrogen and oxygen atoms in total. The number of benzene rings is 1. The minimum absolute atomic E-state index is 0.136. The Morgan fingerprint density at radius 2 is 1.84 bits per heavy atom. The van der Waals surface area contributed by atoms with E-state index >= 15 is 0 Å². The molecule has 31 heavy (non-hydrogen) atoms. The molecule has 3 aromatic rings. The predicted octanol–water partition coefficient (Wildman–Crippen LogP) is 2.71. The number of carboxylic acids is 1. The highest BCUT2D eigenvalue weighted by molar-refractivity contribution is 5.77. The molecule has 0 radical (unpaired) electrons. The number of aryl methyl sites for hydroxylation is 3. The van der Waals surface area contributed by atoms with Gasteiger partial charge in [0.25, 0.3) is 5.56 Å². The van der Waals surface area contributed by atoms with Gasteiger partial charge in [0.2, 0.25) is 0 Å². The average molecular weight is 428 g/mol. The van der Waals surface area contributed by atoms with Crippen LogP contribution in [0.25, 0.3) is 11.0 Å². The highest BCUT2D eigenvalue weighted by Gasteiger charge is 2.29. The van der Waals surface area contributed by atoms with E-state index in [0.717, 1.165) is 18.5 Å². The maximum absolute atomic E-state index is 13.0. The molecule has 0 atom stereocenters. The van der Waals surface area contributed by atoms with Crippen LogP contribution in [0.2, 0.25) is 0 Å². The molecule has 0 unspecified atom stereocenters. The maximum atomic E-state index is 13.0. The summed E-state index contributed by atoms with van der Waals surface area (Å²) in [6.45, 7) is 7.45. The van der Waals surface area contributed by atoms with Crippen LogP contribution in [0.5, 0.6) is 11.5 Å². The molecule has 2 aromatic heterocycles. The normalized spacial score (nSPS) is 11.6. The van der Waals surface area contributed by atoms with Gasteiger partial charge in [-0.3, -0.25) is 14.0 Å². The molecule has 0 saturated carbocycles. The van der Waals surface area contributed by atoms with Gasteiger partial charge in [-0.2, -0.15) is 5.10 Å². The van der Waals surface area contributed by atoms with Crippen LogP contribution >= 0.6 is 0 Å². The van der Waals surface area contributed by atoms with Crippen molar-refractivity contribution < 1.29 is 19.4 Å². The van der Waals surface area contributed by atoms with Gasteiger partial charge >= 0.3 is 5.97 Å². The van der Waals surface area contributed by atoms with Crippen molar-refractivity contribution in [3.63, 3.8) is 0 Å². The summed E-state index contributed by atoms with van der Waals surface area (Å²) in [7, 11) is 1.76. The molecule has 0 bridgehead atoms. The maximum Gasteiger partial charge on any atom is 0.347 e. The molecule has 0 fully saturated rings. The van der Waals surface area contributed by atoms with Crippen LogP contribution in [-0.4, -0.2) is 42.6 Å². The number of hydrogen-bond donors (Lipinski definition) is 1. The van der Waals surface area contributed by atoms with Crippen molar-refractivity contribution in [1.29, 1.82) is 0 Å². The predicted molar refractivity (Wildman–Crippen MR) is 116 cm³/mol. The molecule has 3 rings (SSSR count). The molecule has 0 saturated heterocycles. The molecular weight excluding hydrogens is 400 g/mol. The van der Waals surface area contributed by atoms with Crippen molar-refractivity contribution in [3.8, 4) is 11.5 Å². The smallest absolute Gasteiger partial charge is 0.347 e. The lowest BCUT2D eigenvalue weighted by atomic mass is 10.1. The van der Waals surface area contributed by atoms with Crippen molar-refractivity contribution in [1.82, 2.24) is 19.3 Å². The summed E-state index contributed by atoms with van der Waals surface area (Å²) in [5.41, 5.74) is 0.552. The molecular formula is C22H28N4O5. The van der Waals surface area contributed by atoms with Crippen LogP contribution < -0.4 is 15.0 Å². The van der Waals surface area contributed by atoms with E-state index < -0.39 is 11.6 Å². The van der Waals surface area contributed by atoms with E-state index in [1.807, 2.05) is 0 Å². The van der Waals surface area contributed by atoms with Gasteiger partial charge in [-0.15, -0.1) is 0 Å². The number of carbonyl (C=O) groups is 1. The van der Waals surface area contributed by atoms with Gasteiger partial charge in [0, 0.05) is 7.05 Å². The second kappa shape index (κ2) is 8.79. The molecule has 1 aromatic carbocycles. The van der Waals surface area contributed by atoms with E-state index in [2.05, 4.69) is 17.0 Å². The fourth-order valence-electron chi connectivity index (χ4n) is 3.29. The zero-order valence-corrected chi connectivity index (χ0v) is 18.5. The van der Waals surface area contributed by atoms with Crippen LogP contribution in [0.3, 0.4) is 0 Å². The molecule has 166 valence electrons. The number of aromatic nitrogens is 4. The van der Waals surface area contributed by atoms with Gasteiger partial charge in [-0.1, -0.05) is 13.3 Å². The van der Waals surface area contributed by atoms with Crippen molar-refractivity contribution in [2.24, 2.45) is 7.05 Å². The third-order valence-corrected chi connectivity index (χ3v) is 4.99. The number of aliphatic carboxylic acids is 1. The first-order valence-electron chi connectivity index (χ1n) is 10.2. The number of ether oxygens (including phenoxy) is 2. The standard InChI is InChI=1S/C22H28N4O5/c1-6-7-17-18-19(25(5)24-17)20(27)26(14(2)23-18)12-13-30-15-8-10-16(11-9-15)31-22(3,4)21(28)29/h8-11H,6-7,12-13H2,1-5H3,(H,28,29). The van der Waals surface area contributed by atoms with Gasteiger partial charge in [-0.25, -0.2) is 9.78 Å². The summed E-state index contributed by atoms with van der Waals surface area (Å²) in [4.78, 5) is 28.8. The lowest BCUT2D eigenvalue weighted by molar-refractivity contribution is -0.152. The summed E-state index contributed by atoms with van der Waals surface area (Å²) in [5.74, 6) is 0.590. The minimum Gasteiger partial charge on any atom is -0.492 e. The van der Waals surface area contributed by atoms with Crippen molar-refractivity contribution in [2.75, 3.05) is 6.61 Å². The first-order chi connectivity index (χ1) is 14.6. The molecule has 0 aliphatic heterocycles. The Kier molecular flexibility index (Phi) is 6.33. The van der Waals surface area contributed by atoms with Crippen LogP contribution in [0, 0.1) is 6.92 Å². The summed E-state index contributed by atoms with van der Waals surface area (Å²) in [5, 5.41) is 13.6. The fraction of sp³-hybridized carbons (Fsp3) is 0.455. The number of hydrogen-bond acceptors (Lipinski definition) is 6. The van der Waals surface area contributed by atoms with Gasteiger partial charge < -0.3 is 14.6 Å². The molecule has 0 amide bonds. The SMILES string of the molecule is CCCc1nn(C)c2c(=O)n(CCOc3ccc(OC(C)(C)C(=O)O)cc3)c(C)nc12. The number of carboxylic acid groups (broad SMARTS) is 1. The third kappa shape index (κ3) is 4.70. The van der Waals surface area contributed by atoms with Gasteiger partial charge in [-0.05, 0) is 51.5 Å².